The molecule has 2 rings (SSSR count). The largest absolute Gasteiger partial charge is 0.463 e. The maximum Gasteiger partial charge on any atom is 0.151 e. The Balaban J connectivity index is 2.74. The summed E-state index contributed by atoms with van der Waals surface area (Å²) in [5.41, 5.74) is 0.852. The highest BCUT2D eigenvalue weighted by atomic mass is 16.3. The lowest BCUT2D eigenvalue weighted by molar-refractivity contribution is 0.530. The molecule has 0 aliphatic carbocycles. The summed E-state index contributed by atoms with van der Waals surface area (Å²) in [5, 5.41) is 1.13. The number of rotatable bonds is 0. The van der Waals surface area contributed by atoms with Crippen molar-refractivity contribution in [1.82, 2.24) is 0 Å². The van der Waals surface area contributed by atoms with Gasteiger partial charge in [0.1, 0.15) is 0 Å². The van der Waals surface area contributed by atoms with Gasteiger partial charge in [-0.15, -0.1) is 0 Å². The summed E-state index contributed by atoms with van der Waals surface area (Å²) in [7, 11) is 0. The Morgan fingerprint density at radius 1 is 1.55 bits per heavy atom. The average molecular weight is 147 g/mol. The van der Waals surface area contributed by atoms with Crippen LogP contribution in [0, 0.1) is 5.92 Å². The van der Waals surface area contributed by atoms with Crippen LogP contribution < -0.4 is 10.6 Å². The quantitative estimate of drug-likeness (QED) is 0.525. The van der Waals surface area contributed by atoms with E-state index in [0.717, 1.165) is 10.6 Å². The average Bonchev–Trinajstić information content (AvgIpc) is 2.31. The Morgan fingerprint density at radius 2 is 2.45 bits per heavy atom. The molecule has 1 aliphatic heterocycles. The molecule has 0 N–H and O–H groups in total. The van der Waals surface area contributed by atoms with Gasteiger partial charge in [0.2, 0.25) is 0 Å². The summed E-state index contributed by atoms with van der Waals surface area (Å²) in [6.45, 7) is 2.10. The minimum absolute atomic E-state index is 0.394. The second kappa shape index (κ2) is 2.38. The van der Waals surface area contributed by atoms with Gasteiger partial charge < -0.3 is 4.42 Å². The second-order valence-electron chi connectivity index (χ2n) is 2.69. The summed E-state index contributed by atoms with van der Waals surface area (Å²) in [5.74, 6) is 0.394. The molecule has 1 aromatic heterocycles. The summed E-state index contributed by atoms with van der Waals surface area (Å²) in [6, 6.07) is 1.96. The van der Waals surface area contributed by atoms with E-state index in [1.807, 2.05) is 12.3 Å². The molecule has 56 valence electrons. The Kier molecular flexibility index (Phi) is 1.39. The summed E-state index contributed by atoms with van der Waals surface area (Å²) in [6.07, 6.45) is 7.46. The summed E-state index contributed by atoms with van der Waals surface area (Å²) >= 11 is 0. The molecular weight excluding hydrogens is 138 g/mol. The standard InChI is InChI=1S/C9H9NO/c1-7-4-8-2-3-11-9(8)6-10-5-7/h2-7H,1H3. The molecule has 2 heteroatoms. The van der Waals surface area contributed by atoms with Crippen molar-refractivity contribution in [2.45, 2.75) is 6.92 Å². The van der Waals surface area contributed by atoms with Crippen molar-refractivity contribution in [3.63, 3.8) is 0 Å². The fraction of sp³-hybridized carbons (Fsp3) is 0.222. The molecule has 0 saturated heterocycles. The van der Waals surface area contributed by atoms with Crippen molar-refractivity contribution in [2.24, 2.45) is 10.9 Å². The number of fused-ring (bicyclic) bond motifs is 1. The van der Waals surface area contributed by atoms with Gasteiger partial charge in [0.15, 0.2) is 5.42 Å². The molecule has 0 saturated carbocycles. The smallest absolute Gasteiger partial charge is 0.151 e. The van der Waals surface area contributed by atoms with Crippen LogP contribution in [0.2, 0.25) is 0 Å². The lowest BCUT2D eigenvalue weighted by atomic mass is 10.2. The van der Waals surface area contributed by atoms with E-state index in [-0.39, 0.29) is 0 Å². The van der Waals surface area contributed by atoms with Crippen LogP contribution in [-0.2, 0) is 0 Å². The zero-order valence-electron chi connectivity index (χ0n) is 6.32. The van der Waals surface area contributed by atoms with Crippen molar-refractivity contribution >= 4 is 18.5 Å². The van der Waals surface area contributed by atoms with Crippen LogP contribution in [0.5, 0.6) is 0 Å². The minimum Gasteiger partial charge on any atom is -0.463 e. The topological polar surface area (TPSA) is 25.5 Å². The molecule has 0 spiro atoms. The highest BCUT2D eigenvalue weighted by molar-refractivity contribution is 5.71. The van der Waals surface area contributed by atoms with E-state index in [1.54, 1.807) is 12.5 Å². The molecule has 0 aromatic carbocycles. The maximum absolute atomic E-state index is 5.18. The van der Waals surface area contributed by atoms with Crippen LogP contribution in [0.3, 0.4) is 0 Å². The molecule has 2 heterocycles. The van der Waals surface area contributed by atoms with Crippen LogP contribution in [0.1, 0.15) is 6.92 Å². The second-order valence-corrected chi connectivity index (χ2v) is 2.69. The van der Waals surface area contributed by atoms with Crippen LogP contribution in [-0.4, -0.2) is 6.21 Å². The van der Waals surface area contributed by atoms with E-state index >= 15 is 0 Å². The van der Waals surface area contributed by atoms with Gasteiger partial charge in [0, 0.05) is 17.4 Å². The lowest BCUT2D eigenvalue weighted by Crippen LogP contribution is -2.18. The minimum atomic E-state index is 0.394. The molecule has 0 fully saturated rings. The van der Waals surface area contributed by atoms with Crippen molar-refractivity contribution in [2.75, 3.05) is 0 Å². The van der Waals surface area contributed by atoms with Gasteiger partial charge in [0.05, 0.1) is 12.5 Å². The van der Waals surface area contributed by atoms with Gasteiger partial charge in [-0.2, -0.15) is 0 Å². The van der Waals surface area contributed by atoms with Crippen LogP contribution in [0.25, 0.3) is 12.3 Å². The van der Waals surface area contributed by atoms with E-state index < -0.39 is 0 Å². The predicted molar refractivity (Wildman–Crippen MR) is 44.5 cm³/mol. The fourth-order valence-corrected chi connectivity index (χ4v) is 1.15. The highest BCUT2D eigenvalue weighted by Crippen LogP contribution is 1.93. The van der Waals surface area contributed by atoms with Gasteiger partial charge in [-0.05, 0) is 6.07 Å². The molecule has 1 aliphatic rings. The monoisotopic (exact) mass is 147 g/mol. The van der Waals surface area contributed by atoms with Crippen molar-refractivity contribution in [3.05, 3.63) is 23.0 Å². The Bertz CT molecular complexity index is 386. The van der Waals surface area contributed by atoms with Crippen LogP contribution in [0.15, 0.2) is 21.7 Å². The third kappa shape index (κ3) is 1.11. The first-order chi connectivity index (χ1) is 5.36. The van der Waals surface area contributed by atoms with Crippen molar-refractivity contribution in [3.8, 4) is 0 Å². The van der Waals surface area contributed by atoms with Gasteiger partial charge in [0.25, 0.3) is 0 Å². The molecule has 1 unspecified atom stereocenters. The fourth-order valence-electron chi connectivity index (χ4n) is 1.15. The molecule has 0 amide bonds. The number of hydrogen-bond donors (Lipinski definition) is 0. The van der Waals surface area contributed by atoms with Crippen molar-refractivity contribution in [1.29, 1.82) is 0 Å². The third-order valence-corrected chi connectivity index (χ3v) is 1.68. The molecule has 1 aromatic rings. The molecule has 2 nitrogen and oxygen atoms in total. The van der Waals surface area contributed by atoms with E-state index in [4.69, 9.17) is 4.42 Å². The van der Waals surface area contributed by atoms with E-state index in [1.165, 1.54) is 0 Å². The molecule has 0 radical (unpaired) electrons. The highest BCUT2D eigenvalue weighted by Gasteiger charge is 1.96. The molecule has 0 bridgehead atoms. The predicted octanol–water partition coefficient (Wildman–Crippen LogP) is 0.519. The summed E-state index contributed by atoms with van der Waals surface area (Å²) in [4.78, 5) is 4.09. The first-order valence-electron chi connectivity index (χ1n) is 3.65. The van der Waals surface area contributed by atoms with E-state index in [2.05, 4.69) is 18.0 Å². The van der Waals surface area contributed by atoms with Crippen LogP contribution in [0.4, 0.5) is 0 Å². The molecule has 1 atom stereocenters. The maximum atomic E-state index is 5.18. The van der Waals surface area contributed by atoms with E-state index in [9.17, 15) is 0 Å². The molecular formula is C9H9NO. The van der Waals surface area contributed by atoms with Crippen LogP contribution >= 0.6 is 0 Å². The zero-order chi connectivity index (χ0) is 7.68. The first-order valence-corrected chi connectivity index (χ1v) is 3.65. The number of hydrogen-bond acceptors (Lipinski definition) is 2. The van der Waals surface area contributed by atoms with Crippen molar-refractivity contribution < 1.29 is 4.42 Å². The third-order valence-electron chi connectivity index (χ3n) is 1.68. The number of aliphatic imine (C=N–C) groups is 1. The van der Waals surface area contributed by atoms with E-state index in [0.29, 0.717) is 5.92 Å². The number of nitrogens with zero attached hydrogens (tertiary/aromatic N) is 1. The Labute approximate surface area is 64.6 Å². The van der Waals surface area contributed by atoms with Gasteiger partial charge in [-0.25, -0.2) is 0 Å². The number of furan rings is 1. The first kappa shape index (κ1) is 6.40. The Hall–Kier alpha value is -1.31. The Morgan fingerprint density at radius 3 is 3.36 bits per heavy atom. The molecule has 11 heavy (non-hydrogen) atoms. The SMILES string of the molecule is CC1C=NC=c2occc2=C1. The van der Waals surface area contributed by atoms with Gasteiger partial charge >= 0.3 is 0 Å². The normalized spacial score (nSPS) is 21.4. The van der Waals surface area contributed by atoms with Gasteiger partial charge in [-0.3, -0.25) is 4.99 Å². The van der Waals surface area contributed by atoms with Gasteiger partial charge in [-0.1, -0.05) is 13.0 Å². The summed E-state index contributed by atoms with van der Waals surface area (Å²) < 4.78 is 5.18. The zero-order valence-corrected chi connectivity index (χ0v) is 6.32. The lowest BCUT2D eigenvalue weighted by Gasteiger charge is -1.90.